The number of alkyl halides is 4. The SMILES string of the molecule is COC(=O)N[C@H](C(=O)CCC(F)(F)CC[C@@H](C(=O)OC)N(CC1CC(F)(F)C1)S(=O)(=O)c1ccc2ncsc2c1)C(c1ccccc1)c1ccccc1. The van der Waals surface area contributed by atoms with Crippen LogP contribution >= 0.6 is 11.3 Å². The number of sulfonamides is 1. The van der Waals surface area contributed by atoms with Gasteiger partial charge in [0.05, 0.1) is 34.8 Å². The van der Waals surface area contributed by atoms with E-state index in [-0.39, 0.29) is 4.90 Å². The van der Waals surface area contributed by atoms with Gasteiger partial charge in [0.2, 0.25) is 21.9 Å². The number of hydrogen-bond donors (Lipinski definition) is 1. The van der Waals surface area contributed by atoms with Crippen molar-refractivity contribution in [3.63, 3.8) is 0 Å². The van der Waals surface area contributed by atoms with Crippen LogP contribution in [0.5, 0.6) is 0 Å². The zero-order valence-corrected chi connectivity index (χ0v) is 30.6. The number of esters is 1. The summed E-state index contributed by atoms with van der Waals surface area (Å²) < 4.78 is 98.1. The number of amides is 1. The van der Waals surface area contributed by atoms with E-state index in [1.54, 1.807) is 60.7 Å². The molecule has 10 nitrogen and oxygen atoms in total. The van der Waals surface area contributed by atoms with E-state index in [1.807, 2.05) is 0 Å². The second-order valence-corrected chi connectivity index (χ2v) is 15.8. The van der Waals surface area contributed by atoms with Crippen LogP contribution in [0.15, 0.2) is 89.3 Å². The van der Waals surface area contributed by atoms with E-state index in [9.17, 15) is 31.6 Å². The van der Waals surface area contributed by atoms with Crippen LogP contribution in [0, 0.1) is 5.92 Å². The summed E-state index contributed by atoms with van der Waals surface area (Å²) >= 11 is 1.16. The first-order valence-electron chi connectivity index (χ1n) is 16.8. The molecular formula is C37H39F4N3O7S2. The van der Waals surface area contributed by atoms with Gasteiger partial charge in [0.1, 0.15) is 12.1 Å². The van der Waals surface area contributed by atoms with Crippen molar-refractivity contribution in [1.29, 1.82) is 0 Å². The highest BCUT2D eigenvalue weighted by Crippen LogP contribution is 2.44. The normalized spacial score (nSPS) is 15.8. The smallest absolute Gasteiger partial charge is 0.407 e. The third kappa shape index (κ3) is 9.78. The van der Waals surface area contributed by atoms with Crippen molar-refractivity contribution in [3.8, 4) is 0 Å². The number of benzene rings is 3. The maximum Gasteiger partial charge on any atom is 0.407 e. The van der Waals surface area contributed by atoms with Crippen molar-refractivity contribution in [3.05, 3.63) is 95.5 Å². The maximum absolute atomic E-state index is 15.7. The molecule has 1 saturated carbocycles. The predicted octanol–water partition coefficient (Wildman–Crippen LogP) is 7.20. The number of Topliss-reactive ketones (excluding diaryl/α,β-unsaturated/α-hetero) is 1. The monoisotopic (exact) mass is 777 g/mol. The molecule has 1 aliphatic rings. The van der Waals surface area contributed by atoms with Crippen molar-refractivity contribution < 1.29 is 49.8 Å². The Morgan fingerprint density at radius 1 is 0.962 bits per heavy atom. The first kappa shape index (κ1) is 39.8. The Hall–Kier alpha value is -4.41. The molecule has 4 aromatic rings. The van der Waals surface area contributed by atoms with E-state index in [4.69, 9.17) is 9.47 Å². The molecule has 53 heavy (non-hydrogen) atoms. The van der Waals surface area contributed by atoms with Gasteiger partial charge in [-0.15, -0.1) is 11.3 Å². The zero-order valence-electron chi connectivity index (χ0n) is 28.9. The van der Waals surface area contributed by atoms with E-state index in [2.05, 4.69) is 10.3 Å². The van der Waals surface area contributed by atoms with Gasteiger partial charge >= 0.3 is 12.1 Å². The second kappa shape index (κ2) is 16.7. The summed E-state index contributed by atoms with van der Waals surface area (Å²) in [5.74, 6) is -10.1. The molecule has 1 aliphatic carbocycles. The molecule has 1 aromatic heterocycles. The van der Waals surface area contributed by atoms with Crippen molar-refractivity contribution in [2.24, 2.45) is 5.92 Å². The maximum atomic E-state index is 15.7. The Morgan fingerprint density at radius 2 is 1.58 bits per heavy atom. The number of alkyl carbamates (subject to hydrolysis) is 1. The molecular weight excluding hydrogens is 739 g/mol. The first-order chi connectivity index (χ1) is 25.1. The van der Waals surface area contributed by atoms with Gasteiger partial charge in [-0.1, -0.05) is 60.7 Å². The number of aromatic nitrogens is 1. The Bertz CT molecular complexity index is 1950. The van der Waals surface area contributed by atoms with E-state index in [0.29, 0.717) is 25.6 Å². The lowest BCUT2D eigenvalue weighted by molar-refractivity contribution is -0.147. The van der Waals surface area contributed by atoms with Gasteiger partial charge in [-0.3, -0.25) is 9.59 Å². The number of methoxy groups -OCH3 is 2. The van der Waals surface area contributed by atoms with Crippen LogP contribution in [0.3, 0.4) is 0 Å². The first-order valence-corrected chi connectivity index (χ1v) is 19.1. The molecule has 5 rings (SSSR count). The summed E-state index contributed by atoms with van der Waals surface area (Å²) in [4.78, 5) is 43.2. The number of nitrogens with one attached hydrogen (secondary N) is 1. The average Bonchev–Trinajstić information content (AvgIpc) is 3.61. The van der Waals surface area contributed by atoms with E-state index < -0.39 is 109 Å². The van der Waals surface area contributed by atoms with Crippen LogP contribution in [-0.4, -0.2) is 80.2 Å². The van der Waals surface area contributed by atoms with Gasteiger partial charge in [-0.05, 0) is 41.7 Å². The number of hydrogen-bond acceptors (Lipinski definition) is 9. The van der Waals surface area contributed by atoms with Crippen molar-refractivity contribution in [1.82, 2.24) is 14.6 Å². The number of ketones is 1. The van der Waals surface area contributed by atoms with Gasteiger partial charge in [0.25, 0.3) is 0 Å². The zero-order chi connectivity index (χ0) is 38.4. The quantitative estimate of drug-likeness (QED) is 0.0881. The standard InChI is InChI=1S/C37H39F4N3O7S2/c1-50-34(46)29(44(22-24-20-37(40,41)21-24)53(48,49)27-13-14-28-31(19-27)52-23-42-28)15-17-36(38,39)18-16-30(45)33(43-35(47)51-2)32(25-9-5-3-6-10-25)26-11-7-4-8-12-26/h3-14,19,23-24,29,32-33H,15-18,20-22H2,1-2H3,(H,43,47)/t29-,33+/m0/s1. The molecule has 1 fully saturated rings. The largest absolute Gasteiger partial charge is 0.468 e. The molecule has 0 saturated heterocycles. The summed E-state index contributed by atoms with van der Waals surface area (Å²) in [6.45, 7) is -0.524. The molecule has 0 bridgehead atoms. The molecule has 2 atom stereocenters. The van der Waals surface area contributed by atoms with Crippen molar-refractivity contribution >= 4 is 49.4 Å². The molecule has 16 heteroatoms. The summed E-state index contributed by atoms with van der Waals surface area (Å²) in [6, 6.07) is 18.5. The van der Waals surface area contributed by atoms with Crippen LogP contribution in [0.4, 0.5) is 22.4 Å². The van der Waals surface area contributed by atoms with Crippen LogP contribution in [-0.2, 0) is 29.1 Å². The van der Waals surface area contributed by atoms with Crippen molar-refractivity contribution in [2.75, 3.05) is 20.8 Å². The summed E-state index contributed by atoms with van der Waals surface area (Å²) in [5, 5.41) is 2.52. The molecule has 0 spiro atoms. The Morgan fingerprint density at radius 3 is 2.15 bits per heavy atom. The number of halogens is 4. The highest BCUT2D eigenvalue weighted by molar-refractivity contribution is 7.89. The number of carbonyl (C=O) groups is 3. The lowest BCUT2D eigenvalue weighted by Crippen LogP contribution is -2.51. The lowest BCUT2D eigenvalue weighted by Gasteiger charge is -2.39. The number of rotatable bonds is 17. The van der Waals surface area contributed by atoms with Gasteiger partial charge in [0.15, 0.2) is 5.78 Å². The van der Waals surface area contributed by atoms with E-state index in [1.165, 1.54) is 23.7 Å². The number of thiazole rings is 1. The number of carbonyl (C=O) groups excluding carboxylic acids is 3. The average molecular weight is 778 g/mol. The van der Waals surface area contributed by atoms with Crippen LogP contribution in [0.1, 0.15) is 55.6 Å². The fraction of sp³-hybridized carbons (Fsp3) is 0.405. The summed E-state index contributed by atoms with van der Waals surface area (Å²) in [6.07, 6.45) is -5.68. The highest BCUT2D eigenvalue weighted by atomic mass is 32.2. The van der Waals surface area contributed by atoms with Crippen LogP contribution in [0.25, 0.3) is 10.2 Å². The molecule has 1 heterocycles. The summed E-state index contributed by atoms with van der Waals surface area (Å²) in [5.41, 5.74) is 3.30. The topological polar surface area (TPSA) is 132 Å². The van der Waals surface area contributed by atoms with Gasteiger partial charge in [-0.25, -0.2) is 35.8 Å². The number of nitrogens with zero attached hydrogens (tertiary/aromatic N) is 2. The minimum Gasteiger partial charge on any atom is -0.468 e. The molecule has 0 radical (unpaired) electrons. The van der Waals surface area contributed by atoms with E-state index in [0.717, 1.165) is 25.6 Å². The second-order valence-electron chi connectivity index (χ2n) is 13.0. The molecule has 0 aliphatic heterocycles. The third-order valence-electron chi connectivity index (χ3n) is 9.32. The van der Waals surface area contributed by atoms with Gasteiger partial charge in [0, 0.05) is 44.6 Å². The molecule has 3 aromatic carbocycles. The van der Waals surface area contributed by atoms with Crippen LogP contribution < -0.4 is 5.32 Å². The number of ether oxygens (including phenoxy) is 2. The van der Waals surface area contributed by atoms with E-state index >= 15 is 8.78 Å². The highest BCUT2D eigenvalue weighted by Gasteiger charge is 2.49. The Balaban J connectivity index is 1.37. The molecule has 1 amide bonds. The molecule has 284 valence electrons. The number of fused-ring (bicyclic) bond motifs is 1. The Labute approximate surface area is 308 Å². The fourth-order valence-electron chi connectivity index (χ4n) is 6.58. The Kier molecular flexibility index (Phi) is 12.6. The van der Waals surface area contributed by atoms with Crippen LogP contribution in [0.2, 0.25) is 0 Å². The molecule has 0 unspecified atom stereocenters. The minimum atomic E-state index is -4.60. The minimum absolute atomic E-state index is 0.262. The van der Waals surface area contributed by atoms with Crippen molar-refractivity contribution in [2.45, 2.75) is 73.3 Å². The third-order valence-corrected chi connectivity index (χ3v) is 12.0. The lowest BCUT2D eigenvalue weighted by atomic mass is 9.81. The molecule has 1 N–H and O–H groups in total. The summed E-state index contributed by atoms with van der Waals surface area (Å²) in [7, 11) is -2.51. The predicted molar refractivity (Wildman–Crippen MR) is 189 cm³/mol. The van der Waals surface area contributed by atoms with Gasteiger partial charge < -0.3 is 14.8 Å². The fourth-order valence-corrected chi connectivity index (χ4v) is 9.08. The van der Waals surface area contributed by atoms with Gasteiger partial charge in [-0.2, -0.15) is 4.31 Å².